The zero-order valence-electron chi connectivity index (χ0n) is 24.8. The molecule has 0 saturated carbocycles. The van der Waals surface area contributed by atoms with E-state index in [9.17, 15) is 35.9 Å². The summed E-state index contributed by atoms with van der Waals surface area (Å²) in [6.07, 6.45) is -5.09. The summed E-state index contributed by atoms with van der Waals surface area (Å²) in [5.41, 5.74) is -10.3. The van der Waals surface area contributed by atoms with E-state index in [-0.39, 0.29) is 22.4 Å². The van der Waals surface area contributed by atoms with Gasteiger partial charge in [0.05, 0.1) is 31.1 Å². The highest BCUT2D eigenvalue weighted by Gasteiger charge is 2.59. The summed E-state index contributed by atoms with van der Waals surface area (Å²) in [5.74, 6) is -5.52. The smallest absolute Gasteiger partial charge is 0.424 e. The maximum atomic E-state index is 16.1. The van der Waals surface area contributed by atoms with Crippen molar-refractivity contribution in [2.75, 3.05) is 19.9 Å². The second-order valence-electron chi connectivity index (χ2n) is 11.0. The Morgan fingerprint density at radius 3 is 2.20 bits per heavy atom. The highest BCUT2D eigenvalue weighted by atomic mass is 32.2. The van der Waals surface area contributed by atoms with Crippen molar-refractivity contribution < 1.29 is 49.4 Å². The normalized spacial score (nSPS) is 13.8. The Kier molecular flexibility index (Phi) is 9.09. The van der Waals surface area contributed by atoms with Crippen molar-refractivity contribution in [1.82, 2.24) is 25.2 Å². The second kappa shape index (κ2) is 12.1. The minimum atomic E-state index is -5.74. The van der Waals surface area contributed by atoms with Gasteiger partial charge >= 0.3 is 6.18 Å². The van der Waals surface area contributed by atoms with Gasteiger partial charge in [-0.3, -0.25) is 4.79 Å². The van der Waals surface area contributed by atoms with Crippen LogP contribution in [0, 0.1) is 24.4 Å². The van der Waals surface area contributed by atoms with Crippen molar-refractivity contribution in [3.05, 3.63) is 82.4 Å². The first-order valence-electron chi connectivity index (χ1n) is 13.2. The molecule has 1 amide bonds. The molecule has 0 aliphatic rings. The van der Waals surface area contributed by atoms with Crippen LogP contribution in [0.5, 0.6) is 5.75 Å². The Labute approximate surface area is 258 Å². The fourth-order valence-corrected chi connectivity index (χ4v) is 5.85. The fraction of sp³-hybridized carbons (Fsp3) is 0.310. The van der Waals surface area contributed by atoms with Gasteiger partial charge in [-0.2, -0.15) is 18.3 Å². The zero-order valence-corrected chi connectivity index (χ0v) is 25.7. The number of methoxy groups -OCH3 is 1. The third-order valence-electron chi connectivity index (χ3n) is 6.89. The van der Waals surface area contributed by atoms with Crippen molar-refractivity contribution >= 4 is 26.8 Å². The van der Waals surface area contributed by atoms with Crippen molar-refractivity contribution in [2.45, 2.75) is 38.1 Å². The average molecular weight is 672 g/mol. The van der Waals surface area contributed by atoms with Gasteiger partial charge in [-0.15, -0.1) is 5.10 Å². The van der Waals surface area contributed by atoms with Crippen molar-refractivity contribution in [1.29, 1.82) is 0 Å². The number of aliphatic hydroxyl groups is 1. The van der Waals surface area contributed by atoms with Crippen molar-refractivity contribution in [3.63, 3.8) is 0 Å². The molecular formula is C29H27F6N5O5S. The number of benzene rings is 2. The number of hydrogen-bond acceptors (Lipinski definition) is 8. The quantitative estimate of drug-likeness (QED) is 0.223. The van der Waals surface area contributed by atoms with Crippen LogP contribution in [0.2, 0.25) is 0 Å². The molecule has 0 fully saturated rings. The Morgan fingerprint density at radius 2 is 1.63 bits per heavy atom. The molecule has 0 spiro atoms. The first kappa shape index (κ1) is 34.5. The number of pyridine rings is 1. The number of halogens is 6. The molecular weight excluding hydrogens is 644 g/mol. The third kappa shape index (κ3) is 6.75. The molecule has 0 unspecified atom stereocenters. The zero-order chi connectivity index (χ0) is 34.4. The van der Waals surface area contributed by atoms with Crippen LogP contribution in [0.25, 0.3) is 22.2 Å². The minimum Gasteiger partial charge on any atom is -0.494 e. The van der Waals surface area contributed by atoms with E-state index < -0.39 is 74.2 Å². The van der Waals surface area contributed by atoms with Crippen LogP contribution in [-0.4, -0.2) is 60.7 Å². The summed E-state index contributed by atoms with van der Waals surface area (Å²) >= 11 is 0. The van der Waals surface area contributed by atoms with Crippen LogP contribution in [0.3, 0.4) is 0 Å². The number of carbonyl (C=O) groups excluding carboxylic acids is 1. The summed E-state index contributed by atoms with van der Waals surface area (Å²) in [6.45, 7) is 1.84. The SMILES string of the molecule is COc1cc(C(=O)NC[C@](O)(c2nc(-c3ccc(F)cc3)c(F)c(C(C)(C)NS(C)(=O)=O)c2F)C(F)(F)F)cc2cc(C)nnc12. The number of amides is 1. The second-order valence-corrected chi connectivity index (χ2v) is 12.7. The molecule has 0 aliphatic heterocycles. The van der Waals surface area contributed by atoms with E-state index in [4.69, 9.17) is 4.74 Å². The summed E-state index contributed by atoms with van der Waals surface area (Å²) in [4.78, 5) is 16.6. The van der Waals surface area contributed by atoms with Gasteiger partial charge in [0, 0.05) is 22.1 Å². The Hall–Kier alpha value is -4.35. The molecule has 2 aromatic heterocycles. The number of nitrogens with zero attached hydrogens (tertiary/aromatic N) is 3. The van der Waals surface area contributed by atoms with Gasteiger partial charge in [-0.1, -0.05) is 0 Å². The standard InChI is InChI=1S/C29H27F6N5O5S/c1-14-10-16-11-17(12-19(45-4)23(16)39-38-14)26(41)36-13-28(42,29(33,34)35)25-22(32)20(27(2,3)40-46(5,43)44)21(31)24(37-25)15-6-8-18(30)9-7-15/h6-12,40,42H,13H2,1-5H3,(H,36,41)/t28-/m0/s1. The number of hydrogen-bond donors (Lipinski definition) is 3. The van der Waals surface area contributed by atoms with E-state index in [1.807, 2.05) is 10.0 Å². The number of aryl methyl sites for hydroxylation is 1. The van der Waals surface area contributed by atoms with Gasteiger partial charge in [0.2, 0.25) is 15.6 Å². The number of ether oxygens (including phenoxy) is 1. The number of carbonyl (C=O) groups is 1. The first-order chi connectivity index (χ1) is 21.2. The van der Waals surface area contributed by atoms with E-state index in [0.717, 1.165) is 44.2 Å². The van der Waals surface area contributed by atoms with Gasteiger partial charge in [-0.25, -0.2) is 31.3 Å². The maximum Gasteiger partial charge on any atom is 0.424 e. The van der Waals surface area contributed by atoms with Crippen molar-refractivity contribution in [3.8, 4) is 17.0 Å². The summed E-state index contributed by atoms with van der Waals surface area (Å²) < 4.78 is 121. The van der Waals surface area contributed by atoms with Crippen LogP contribution < -0.4 is 14.8 Å². The number of nitrogens with one attached hydrogen (secondary N) is 2. The Bertz CT molecular complexity index is 1940. The molecule has 4 rings (SSSR count). The molecule has 4 aromatic rings. The van der Waals surface area contributed by atoms with Gasteiger partial charge in [0.15, 0.2) is 11.6 Å². The Balaban J connectivity index is 1.89. The topological polar surface area (TPSA) is 143 Å². The summed E-state index contributed by atoms with van der Waals surface area (Å²) in [6, 6.07) is 7.53. The molecule has 10 nitrogen and oxygen atoms in total. The summed E-state index contributed by atoms with van der Waals surface area (Å²) in [7, 11) is -2.95. The number of fused-ring (bicyclic) bond motifs is 1. The van der Waals surface area contributed by atoms with E-state index in [2.05, 4.69) is 15.2 Å². The Morgan fingerprint density at radius 1 is 1.00 bits per heavy atom. The summed E-state index contributed by atoms with van der Waals surface area (Å²) in [5, 5.41) is 21.3. The lowest BCUT2D eigenvalue weighted by Gasteiger charge is -2.34. The van der Waals surface area contributed by atoms with Crippen molar-refractivity contribution in [2.24, 2.45) is 0 Å². The average Bonchev–Trinajstić information content (AvgIpc) is 2.93. The number of rotatable bonds is 9. The fourth-order valence-electron chi connectivity index (χ4n) is 4.82. The number of sulfonamides is 1. The third-order valence-corrected chi connectivity index (χ3v) is 7.77. The number of alkyl halides is 3. The number of aromatic nitrogens is 3. The lowest BCUT2D eigenvalue weighted by molar-refractivity contribution is -0.266. The van der Waals surface area contributed by atoms with Crippen LogP contribution >= 0.6 is 0 Å². The highest BCUT2D eigenvalue weighted by molar-refractivity contribution is 7.88. The maximum absolute atomic E-state index is 16.1. The molecule has 0 saturated heterocycles. The molecule has 0 aliphatic carbocycles. The lowest BCUT2D eigenvalue weighted by Crippen LogP contribution is -2.53. The molecule has 2 heterocycles. The van der Waals surface area contributed by atoms with Gasteiger partial charge in [0.1, 0.15) is 28.5 Å². The minimum absolute atomic E-state index is 0.0571. The van der Waals surface area contributed by atoms with Gasteiger partial charge in [0.25, 0.3) is 5.91 Å². The van der Waals surface area contributed by atoms with E-state index in [1.165, 1.54) is 19.2 Å². The van der Waals surface area contributed by atoms with Crippen LogP contribution in [0.15, 0.2) is 42.5 Å². The van der Waals surface area contributed by atoms with Crippen LogP contribution in [0.4, 0.5) is 26.3 Å². The molecule has 246 valence electrons. The monoisotopic (exact) mass is 671 g/mol. The van der Waals surface area contributed by atoms with E-state index in [1.54, 1.807) is 6.92 Å². The molecule has 17 heteroatoms. The molecule has 0 bridgehead atoms. The largest absolute Gasteiger partial charge is 0.494 e. The van der Waals surface area contributed by atoms with E-state index >= 15 is 8.78 Å². The van der Waals surface area contributed by atoms with Gasteiger partial charge in [-0.05, 0) is 63.2 Å². The molecule has 1 atom stereocenters. The predicted molar refractivity (Wildman–Crippen MR) is 154 cm³/mol. The molecule has 2 aromatic carbocycles. The highest BCUT2D eigenvalue weighted by Crippen LogP contribution is 2.43. The molecule has 0 radical (unpaired) electrons. The molecule has 46 heavy (non-hydrogen) atoms. The molecule has 3 N–H and O–H groups in total. The van der Waals surface area contributed by atoms with Crippen LogP contribution in [0.1, 0.15) is 41.2 Å². The lowest BCUT2D eigenvalue weighted by atomic mass is 9.88. The predicted octanol–water partition coefficient (Wildman–Crippen LogP) is 4.39. The van der Waals surface area contributed by atoms with E-state index in [0.29, 0.717) is 17.3 Å². The first-order valence-corrected chi connectivity index (χ1v) is 15.1. The van der Waals surface area contributed by atoms with Crippen LogP contribution in [-0.2, 0) is 21.2 Å². The van der Waals surface area contributed by atoms with Gasteiger partial charge < -0.3 is 15.2 Å².